The molecule has 1 aliphatic carbocycles. The van der Waals surface area contributed by atoms with E-state index in [0.717, 1.165) is 22.3 Å². The normalized spacial score (nSPS) is 12.0. The van der Waals surface area contributed by atoms with Crippen molar-refractivity contribution >= 4 is 16.9 Å². The molecule has 0 fully saturated rings. The Balaban J connectivity index is 0.00000205. The molecule has 0 saturated carbocycles. The molecule has 0 N–H and O–H groups in total. The summed E-state index contributed by atoms with van der Waals surface area (Å²) in [5.41, 5.74) is 6.09. The van der Waals surface area contributed by atoms with E-state index >= 15 is 0 Å². The number of rotatable bonds is 2. The molecular weight excluding hydrogens is 376 g/mol. The molecule has 0 bridgehead atoms. The van der Waals surface area contributed by atoms with Crippen molar-refractivity contribution in [2.75, 3.05) is 0 Å². The number of fused-ring (bicyclic) bond motifs is 4. The quantitative estimate of drug-likeness (QED) is 0.482. The van der Waals surface area contributed by atoms with Gasteiger partial charge in [0.05, 0.1) is 17.2 Å². The molecule has 1 aliphatic rings. The van der Waals surface area contributed by atoms with Crippen LogP contribution in [-0.4, -0.2) is 11.0 Å². The van der Waals surface area contributed by atoms with Gasteiger partial charge in [0.25, 0.3) is 0 Å². The van der Waals surface area contributed by atoms with Gasteiger partial charge in [-0.3, -0.25) is 0 Å². The van der Waals surface area contributed by atoms with Gasteiger partial charge in [0.15, 0.2) is 0 Å². The van der Waals surface area contributed by atoms with E-state index in [1.165, 1.54) is 18.2 Å². The van der Waals surface area contributed by atoms with Crippen LogP contribution in [-0.2, 0) is 12.8 Å². The maximum Gasteiger partial charge on any atom is 1.00 e. The number of hydrogen-bond acceptors (Lipinski definition) is 3. The number of pyridine rings is 1. The van der Waals surface area contributed by atoms with Gasteiger partial charge >= 0.3 is 29.6 Å². The Kier molecular flexibility index (Phi) is 5.26. The van der Waals surface area contributed by atoms with E-state index in [1.54, 1.807) is 0 Å². The van der Waals surface area contributed by atoms with Gasteiger partial charge in [-0.2, -0.15) is 0 Å². The molecular formula is C24H15FNNaO2. The number of nitrogens with zero attached hydrogens (tertiary/aromatic N) is 1. The van der Waals surface area contributed by atoms with Crippen molar-refractivity contribution in [1.29, 1.82) is 0 Å². The molecule has 0 saturated heterocycles. The van der Waals surface area contributed by atoms with E-state index in [2.05, 4.69) is 23.2 Å². The van der Waals surface area contributed by atoms with Gasteiger partial charge in [0.1, 0.15) is 5.82 Å². The molecule has 0 aliphatic heterocycles. The zero-order chi connectivity index (χ0) is 19.3. The number of carbonyl (C=O) groups excluding carboxylic acids is 1. The van der Waals surface area contributed by atoms with E-state index in [9.17, 15) is 14.3 Å². The molecule has 5 heteroatoms. The van der Waals surface area contributed by atoms with Gasteiger partial charge in [0.2, 0.25) is 0 Å². The van der Waals surface area contributed by atoms with Gasteiger partial charge in [-0.05, 0) is 53.3 Å². The summed E-state index contributed by atoms with van der Waals surface area (Å²) in [5, 5.41) is 12.2. The SMILES string of the molecule is O=C([O-])c1c2c(nc3ccc(F)cc13)-c1ccc(-c3ccccc3)cc1CC2.[Na+]. The zero-order valence-corrected chi connectivity index (χ0v) is 17.9. The van der Waals surface area contributed by atoms with Crippen molar-refractivity contribution < 1.29 is 43.8 Å². The van der Waals surface area contributed by atoms with Gasteiger partial charge in [0, 0.05) is 16.5 Å². The maximum atomic E-state index is 13.7. The van der Waals surface area contributed by atoms with Crippen LogP contribution in [0, 0.1) is 5.82 Å². The number of aromatic nitrogens is 1. The van der Waals surface area contributed by atoms with Crippen molar-refractivity contribution in [3.63, 3.8) is 0 Å². The predicted octanol–water partition coefficient (Wildman–Crippen LogP) is 1.17. The first-order valence-electron chi connectivity index (χ1n) is 9.14. The van der Waals surface area contributed by atoms with Crippen LogP contribution in [0.1, 0.15) is 21.5 Å². The van der Waals surface area contributed by atoms with E-state index < -0.39 is 11.8 Å². The Bertz CT molecular complexity index is 1250. The number of carboxylic acids is 1. The molecule has 4 aromatic rings. The molecule has 1 aromatic heterocycles. The van der Waals surface area contributed by atoms with Crippen LogP contribution < -0.4 is 34.7 Å². The second-order valence-electron chi connectivity index (χ2n) is 7.00. The summed E-state index contributed by atoms with van der Waals surface area (Å²) >= 11 is 0. The Morgan fingerprint density at radius 1 is 0.931 bits per heavy atom. The molecule has 5 rings (SSSR count). The van der Waals surface area contributed by atoms with Crippen molar-refractivity contribution in [3.8, 4) is 22.4 Å². The monoisotopic (exact) mass is 391 g/mol. The van der Waals surface area contributed by atoms with Gasteiger partial charge in [-0.25, -0.2) is 9.37 Å². The summed E-state index contributed by atoms with van der Waals surface area (Å²) in [5.74, 6) is -1.78. The third-order valence-corrected chi connectivity index (χ3v) is 5.36. The summed E-state index contributed by atoms with van der Waals surface area (Å²) in [4.78, 5) is 16.6. The van der Waals surface area contributed by atoms with Crippen LogP contribution in [0.15, 0.2) is 66.7 Å². The number of benzene rings is 3. The van der Waals surface area contributed by atoms with Crippen LogP contribution in [0.2, 0.25) is 0 Å². The molecule has 3 aromatic carbocycles. The summed E-state index contributed by atoms with van der Waals surface area (Å²) in [7, 11) is 0. The Morgan fingerprint density at radius 2 is 1.72 bits per heavy atom. The van der Waals surface area contributed by atoms with Crippen molar-refractivity contribution in [1.82, 2.24) is 4.98 Å². The summed E-state index contributed by atoms with van der Waals surface area (Å²) < 4.78 is 13.7. The smallest absolute Gasteiger partial charge is 0.545 e. The average molecular weight is 391 g/mol. The molecule has 0 unspecified atom stereocenters. The first kappa shape index (κ1) is 19.8. The van der Waals surface area contributed by atoms with Crippen molar-refractivity contribution in [2.45, 2.75) is 12.8 Å². The molecule has 3 nitrogen and oxygen atoms in total. The molecule has 0 atom stereocenters. The first-order chi connectivity index (χ1) is 13.6. The predicted molar refractivity (Wildman–Crippen MR) is 104 cm³/mol. The average Bonchev–Trinajstić information content (AvgIpc) is 2.72. The second kappa shape index (κ2) is 7.71. The third-order valence-electron chi connectivity index (χ3n) is 5.36. The molecule has 0 radical (unpaired) electrons. The van der Waals surface area contributed by atoms with E-state index in [-0.39, 0.29) is 35.1 Å². The number of halogens is 1. The minimum absolute atomic E-state index is 0. The molecule has 136 valence electrons. The Hall–Kier alpha value is -2.53. The van der Waals surface area contributed by atoms with Crippen LogP contribution in [0.25, 0.3) is 33.3 Å². The fourth-order valence-corrected chi connectivity index (χ4v) is 4.08. The van der Waals surface area contributed by atoms with Crippen molar-refractivity contribution in [2.24, 2.45) is 0 Å². The Morgan fingerprint density at radius 3 is 2.48 bits per heavy atom. The van der Waals surface area contributed by atoms with Gasteiger partial charge in [-0.1, -0.05) is 48.5 Å². The Labute approximate surface area is 189 Å². The van der Waals surface area contributed by atoms with Crippen LogP contribution in [0.5, 0.6) is 0 Å². The van der Waals surface area contributed by atoms with Crippen LogP contribution >= 0.6 is 0 Å². The van der Waals surface area contributed by atoms with Crippen molar-refractivity contribution in [3.05, 3.63) is 89.2 Å². The van der Waals surface area contributed by atoms with Gasteiger partial charge < -0.3 is 9.90 Å². The minimum atomic E-state index is -1.29. The maximum absolute atomic E-state index is 13.7. The van der Waals surface area contributed by atoms with Crippen LogP contribution in [0.4, 0.5) is 4.39 Å². The number of carboxylic acid groups (broad SMARTS) is 1. The fraction of sp³-hybridized carbons (Fsp3) is 0.0833. The number of aromatic carboxylic acids is 1. The molecule has 0 amide bonds. The van der Waals surface area contributed by atoms with Gasteiger partial charge in [-0.15, -0.1) is 0 Å². The largest absolute Gasteiger partial charge is 1.00 e. The third kappa shape index (κ3) is 3.38. The summed E-state index contributed by atoms with van der Waals surface area (Å²) in [6.07, 6.45) is 1.23. The van der Waals surface area contributed by atoms with E-state index in [0.29, 0.717) is 35.0 Å². The fourth-order valence-electron chi connectivity index (χ4n) is 4.08. The van der Waals surface area contributed by atoms with E-state index in [1.807, 2.05) is 30.3 Å². The van der Waals surface area contributed by atoms with Crippen LogP contribution in [0.3, 0.4) is 0 Å². The minimum Gasteiger partial charge on any atom is -0.545 e. The topological polar surface area (TPSA) is 53.0 Å². The molecule has 29 heavy (non-hydrogen) atoms. The number of carbonyl (C=O) groups is 1. The zero-order valence-electron chi connectivity index (χ0n) is 15.9. The molecule has 0 spiro atoms. The molecule has 1 heterocycles. The van der Waals surface area contributed by atoms with E-state index in [4.69, 9.17) is 0 Å². The number of aryl methyl sites for hydroxylation is 1. The summed E-state index contributed by atoms with van der Waals surface area (Å²) in [6, 6.07) is 20.3. The first-order valence-corrected chi connectivity index (χ1v) is 9.14. The number of hydrogen-bond donors (Lipinski definition) is 0. The summed E-state index contributed by atoms with van der Waals surface area (Å²) in [6.45, 7) is 0. The second-order valence-corrected chi connectivity index (χ2v) is 7.00. The standard InChI is InChI=1S/C24H16FNO2.Na/c25-17-8-11-21-20(13-17)22(24(27)28)19-10-7-16-12-15(14-4-2-1-3-5-14)6-9-18(16)23(19)26-21;/h1-6,8-9,11-13H,7,10H2,(H,27,28);/q;+1/p-1.